The fraction of sp³-hybridized carbons (Fsp3) is 1.00. The van der Waals surface area contributed by atoms with Crippen LogP contribution in [0.25, 0.3) is 0 Å². The Morgan fingerprint density at radius 2 is 1.23 bits per heavy atom. The number of hydrogen-bond acceptors (Lipinski definition) is 0. The highest BCUT2D eigenvalue weighted by Crippen LogP contribution is 2.27. The molecule has 0 N–H and O–H groups in total. The van der Waals surface area contributed by atoms with Crippen molar-refractivity contribution in [2.45, 2.75) is 74.5 Å². The van der Waals surface area contributed by atoms with Gasteiger partial charge in [0.1, 0.15) is 13.1 Å². The monoisotopic (exact) mass is 199 g/mol. The summed E-state index contributed by atoms with van der Waals surface area (Å²) in [5.74, 6) is 0. The Bertz CT molecular complexity index is 97.4. The molecule has 0 aliphatic carbocycles. The first-order valence-electron chi connectivity index (χ1n) is 6.46. The van der Waals surface area contributed by atoms with Gasteiger partial charge in [0.05, 0.1) is 0 Å². The fourth-order valence-electron chi connectivity index (χ4n) is 2.48. The van der Waals surface area contributed by atoms with Crippen molar-refractivity contribution in [2.75, 3.05) is 0 Å². The minimum Gasteiger partial charge on any atom is -0.194 e. The van der Waals surface area contributed by atoms with Crippen LogP contribution in [0.4, 0.5) is 0 Å². The standard InChI is InChI=1S/C6H13.3C2H5.Al/c1-3-5-6-4-2;3*1-2;/h1,3-6H2,2H3;3*1H2,2H3;/q;;;;-1. The lowest BCUT2D eigenvalue weighted by atomic mass is 10.2. The second kappa shape index (κ2) is 7.89. The topological polar surface area (TPSA) is 0 Å². The van der Waals surface area contributed by atoms with Gasteiger partial charge in [-0.2, -0.15) is 21.1 Å². The van der Waals surface area contributed by atoms with Gasteiger partial charge in [-0.05, 0) is 0 Å². The maximum atomic E-state index is 2.43. The minimum absolute atomic E-state index is 1.06. The molecule has 13 heavy (non-hydrogen) atoms. The summed E-state index contributed by atoms with van der Waals surface area (Å²) in [6.07, 6.45) is 5.83. The van der Waals surface area contributed by atoms with E-state index in [1.165, 1.54) is 41.5 Å². The van der Waals surface area contributed by atoms with Gasteiger partial charge in [0.25, 0.3) is 0 Å². The summed E-state index contributed by atoms with van der Waals surface area (Å²) in [7, 11) is 0. The second-order valence-electron chi connectivity index (χ2n) is 4.81. The normalized spacial score (nSPS) is 12.0. The van der Waals surface area contributed by atoms with Gasteiger partial charge in [-0.25, -0.2) is 0 Å². The van der Waals surface area contributed by atoms with Crippen LogP contribution in [0.1, 0.15) is 53.4 Å². The van der Waals surface area contributed by atoms with Crippen LogP contribution in [0.3, 0.4) is 0 Å². The zero-order valence-corrected chi connectivity index (χ0v) is 11.4. The van der Waals surface area contributed by atoms with Crippen molar-refractivity contribution in [1.82, 2.24) is 0 Å². The van der Waals surface area contributed by atoms with Crippen LogP contribution >= 0.6 is 0 Å². The first-order chi connectivity index (χ1) is 6.24. The SMILES string of the molecule is CCCCC[CH2][Al-]([CH2]C)([CH2]C)[CH2]C. The summed E-state index contributed by atoms with van der Waals surface area (Å²) in [5.41, 5.74) is 0. The molecule has 0 heterocycles. The molecule has 0 aromatic heterocycles. The maximum Gasteiger partial charge on any atom is 0.133 e. The largest absolute Gasteiger partial charge is 0.194 e. The Balaban J connectivity index is 3.68. The van der Waals surface area contributed by atoms with Gasteiger partial charge < -0.3 is 0 Å². The van der Waals surface area contributed by atoms with Crippen LogP contribution in [0.5, 0.6) is 0 Å². The molecular weight excluding hydrogens is 171 g/mol. The van der Waals surface area contributed by atoms with E-state index >= 15 is 0 Å². The summed E-state index contributed by atoms with van der Waals surface area (Å²) in [6, 6.07) is 0. The molecule has 0 unspecified atom stereocenters. The average molecular weight is 199 g/mol. The third kappa shape index (κ3) is 5.09. The molecule has 0 aromatic rings. The van der Waals surface area contributed by atoms with Crippen LogP contribution in [0, 0.1) is 0 Å². The zero-order chi connectivity index (χ0) is 10.2. The highest BCUT2D eigenvalue weighted by molar-refractivity contribution is 6.79. The van der Waals surface area contributed by atoms with Crippen molar-refractivity contribution in [3.05, 3.63) is 0 Å². The first kappa shape index (κ1) is 13.5. The molecule has 0 rings (SSSR count). The Morgan fingerprint density at radius 3 is 1.62 bits per heavy atom. The molecule has 0 atom stereocenters. The molecule has 0 radical (unpaired) electrons. The lowest BCUT2D eigenvalue weighted by molar-refractivity contribution is 0.693. The Labute approximate surface area is 87.8 Å². The van der Waals surface area contributed by atoms with E-state index in [4.69, 9.17) is 0 Å². The summed E-state index contributed by atoms with van der Waals surface area (Å²) in [6.45, 7) is 9.58. The van der Waals surface area contributed by atoms with Crippen molar-refractivity contribution in [2.24, 2.45) is 0 Å². The Kier molecular flexibility index (Phi) is 8.22. The highest BCUT2D eigenvalue weighted by atomic mass is 27.2. The van der Waals surface area contributed by atoms with E-state index in [2.05, 4.69) is 27.7 Å². The van der Waals surface area contributed by atoms with Crippen LogP contribution in [-0.2, 0) is 0 Å². The molecule has 0 aromatic carbocycles. The Hall–Kier alpha value is 0.532. The summed E-state index contributed by atoms with van der Waals surface area (Å²) in [5, 5.41) is 6.22. The predicted octanol–water partition coefficient (Wildman–Crippen LogP) is 5.08. The van der Waals surface area contributed by atoms with Gasteiger partial charge in [0.2, 0.25) is 0 Å². The second-order valence-corrected chi connectivity index (χ2v) is 11.3. The van der Waals surface area contributed by atoms with Crippen LogP contribution in [0.15, 0.2) is 0 Å². The van der Waals surface area contributed by atoms with Crippen molar-refractivity contribution in [1.29, 1.82) is 0 Å². The first-order valence-corrected chi connectivity index (χ1v) is 9.73. The molecule has 0 amide bonds. The van der Waals surface area contributed by atoms with Crippen molar-refractivity contribution < 1.29 is 0 Å². The van der Waals surface area contributed by atoms with E-state index in [-0.39, 0.29) is 0 Å². The third-order valence-corrected chi connectivity index (χ3v) is 11.1. The van der Waals surface area contributed by atoms with Gasteiger partial charge in [-0.15, -0.1) is 20.8 Å². The average Bonchev–Trinajstić information content (AvgIpc) is 2.20. The smallest absolute Gasteiger partial charge is 0.133 e. The van der Waals surface area contributed by atoms with Crippen molar-refractivity contribution in [3.8, 4) is 0 Å². The predicted molar refractivity (Wildman–Crippen MR) is 66.1 cm³/mol. The van der Waals surface area contributed by atoms with Crippen molar-refractivity contribution in [3.63, 3.8) is 0 Å². The minimum atomic E-state index is -1.06. The van der Waals surface area contributed by atoms with E-state index in [1.54, 1.807) is 5.28 Å². The van der Waals surface area contributed by atoms with Crippen LogP contribution < -0.4 is 0 Å². The lowest BCUT2D eigenvalue weighted by Crippen LogP contribution is -2.30. The highest BCUT2D eigenvalue weighted by Gasteiger charge is 2.21. The van der Waals surface area contributed by atoms with E-state index in [0.717, 1.165) is 0 Å². The Morgan fingerprint density at radius 1 is 0.692 bits per heavy atom. The molecule has 0 aliphatic heterocycles. The number of unbranched alkanes of at least 4 members (excludes halogenated alkanes) is 3. The molecule has 80 valence electrons. The van der Waals surface area contributed by atoms with Gasteiger partial charge in [0.15, 0.2) is 0 Å². The van der Waals surface area contributed by atoms with Crippen LogP contribution in [0.2, 0.25) is 21.1 Å². The maximum absolute atomic E-state index is 2.43. The third-order valence-electron chi connectivity index (χ3n) is 4.27. The quantitative estimate of drug-likeness (QED) is 0.378. The van der Waals surface area contributed by atoms with Crippen LogP contribution in [-0.4, -0.2) is 13.1 Å². The number of rotatable bonds is 8. The molecule has 1 heteroatoms. The summed E-state index contributed by atoms with van der Waals surface area (Å²) >= 11 is -1.06. The molecule has 0 saturated carbocycles. The molecule has 0 aliphatic rings. The van der Waals surface area contributed by atoms with E-state index in [1.807, 2.05) is 0 Å². The molecule has 0 fully saturated rings. The molecule has 0 spiro atoms. The van der Waals surface area contributed by atoms with E-state index in [9.17, 15) is 0 Å². The lowest BCUT2D eigenvalue weighted by Gasteiger charge is -2.32. The molecule has 0 saturated heterocycles. The van der Waals surface area contributed by atoms with E-state index in [0.29, 0.717) is 0 Å². The van der Waals surface area contributed by atoms with Gasteiger partial charge in [-0.1, -0.05) is 32.6 Å². The molecule has 0 nitrogen and oxygen atoms in total. The summed E-state index contributed by atoms with van der Waals surface area (Å²) in [4.78, 5) is 0. The molecular formula is C12H28Al-. The fourth-order valence-corrected chi connectivity index (χ4v) is 6.59. The van der Waals surface area contributed by atoms with E-state index < -0.39 is 13.1 Å². The van der Waals surface area contributed by atoms with Crippen molar-refractivity contribution >= 4 is 13.1 Å². The molecule has 0 bridgehead atoms. The van der Waals surface area contributed by atoms with Gasteiger partial charge in [-0.3, -0.25) is 0 Å². The summed E-state index contributed by atoms with van der Waals surface area (Å²) < 4.78 is 0. The van der Waals surface area contributed by atoms with Gasteiger partial charge >= 0.3 is 0 Å². The zero-order valence-electron chi connectivity index (χ0n) is 10.2. The number of hydrogen-bond donors (Lipinski definition) is 0. The van der Waals surface area contributed by atoms with Gasteiger partial charge in [0, 0.05) is 0 Å².